The largest absolute Gasteiger partial charge is 0.486 e. The van der Waals surface area contributed by atoms with Gasteiger partial charge in [0.15, 0.2) is 11.5 Å². The van der Waals surface area contributed by atoms with Crippen molar-refractivity contribution in [1.82, 2.24) is 15.1 Å². The Labute approximate surface area is 180 Å². The summed E-state index contributed by atoms with van der Waals surface area (Å²) in [4.78, 5) is 23.5. The third-order valence-electron chi connectivity index (χ3n) is 4.65. The van der Waals surface area contributed by atoms with E-state index < -0.39 is 0 Å². The molecule has 7 nitrogen and oxygen atoms in total. The number of furan rings is 1. The summed E-state index contributed by atoms with van der Waals surface area (Å²) >= 11 is 6.14. The first-order chi connectivity index (χ1) is 14.3. The van der Waals surface area contributed by atoms with Crippen molar-refractivity contribution >= 4 is 23.3 Å². The molecule has 2 heterocycles. The second-order valence-electron chi connectivity index (χ2n) is 6.95. The van der Waals surface area contributed by atoms with Crippen LogP contribution in [0.1, 0.15) is 51.4 Å². The number of halogens is 1. The SMILES string of the molecule is CC(=O)c1ccc(OCc2ccc(C(=O)NCCCn3nc(C)c(Cl)c3C)o2)cc1. The molecule has 8 heteroatoms. The molecule has 1 aromatic carbocycles. The van der Waals surface area contributed by atoms with Gasteiger partial charge in [0, 0.05) is 18.7 Å². The van der Waals surface area contributed by atoms with Gasteiger partial charge in [-0.25, -0.2) is 0 Å². The fourth-order valence-electron chi connectivity index (χ4n) is 2.93. The van der Waals surface area contributed by atoms with Crippen LogP contribution in [-0.4, -0.2) is 28.0 Å². The monoisotopic (exact) mass is 429 g/mol. The summed E-state index contributed by atoms with van der Waals surface area (Å²) in [5.74, 6) is 1.11. The van der Waals surface area contributed by atoms with Gasteiger partial charge in [-0.1, -0.05) is 11.6 Å². The summed E-state index contributed by atoms with van der Waals surface area (Å²) in [6.45, 7) is 6.65. The predicted octanol–water partition coefficient (Wildman–Crippen LogP) is 4.35. The highest BCUT2D eigenvalue weighted by Gasteiger charge is 2.12. The molecule has 0 bridgehead atoms. The molecule has 3 rings (SSSR count). The van der Waals surface area contributed by atoms with E-state index in [4.69, 9.17) is 20.8 Å². The smallest absolute Gasteiger partial charge is 0.286 e. The van der Waals surface area contributed by atoms with Crippen LogP contribution in [0, 0.1) is 13.8 Å². The van der Waals surface area contributed by atoms with Crippen molar-refractivity contribution in [3.05, 3.63) is 69.9 Å². The Morgan fingerprint density at radius 1 is 1.17 bits per heavy atom. The number of Topliss-reactive ketones (excluding diaryl/α,β-unsaturated/α-hetero) is 1. The quantitative estimate of drug-likeness (QED) is 0.403. The summed E-state index contributed by atoms with van der Waals surface area (Å²) < 4.78 is 13.0. The molecule has 0 spiro atoms. The minimum atomic E-state index is -0.279. The number of carbonyl (C=O) groups excluding carboxylic acids is 2. The van der Waals surface area contributed by atoms with Gasteiger partial charge < -0.3 is 14.5 Å². The first kappa shape index (κ1) is 21.6. The van der Waals surface area contributed by atoms with Gasteiger partial charge in [0.2, 0.25) is 0 Å². The lowest BCUT2D eigenvalue weighted by molar-refractivity contribution is 0.0920. The zero-order valence-corrected chi connectivity index (χ0v) is 18.0. The molecule has 158 valence electrons. The Bertz CT molecular complexity index is 1040. The van der Waals surface area contributed by atoms with Gasteiger partial charge in [0.25, 0.3) is 5.91 Å². The maximum Gasteiger partial charge on any atom is 0.286 e. The van der Waals surface area contributed by atoms with E-state index in [1.807, 2.05) is 18.5 Å². The number of carbonyl (C=O) groups is 2. The highest BCUT2D eigenvalue weighted by Crippen LogP contribution is 2.19. The lowest BCUT2D eigenvalue weighted by Crippen LogP contribution is -2.25. The number of hydrogen-bond acceptors (Lipinski definition) is 5. The molecular formula is C22H24ClN3O4. The molecule has 1 N–H and O–H groups in total. The van der Waals surface area contributed by atoms with Gasteiger partial charge in [-0.2, -0.15) is 5.10 Å². The molecule has 0 atom stereocenters. The lowest BCUT2D eigenvalue weighted by Gasteiger charge is -2.06. The van der Waals surface area contributed by atoms with E-state index in [2.05, 4.69) is 10.4 Å². The Morgan fingerprint density at radius 3 is 2.53 bits per heavy atom. The van der Waals surface area contributed by atoms with Crippen LogP contribution in [0.3, 0.4) is 0 Å². The van der Waals surface area contributed by atoms with Crippen LogP contribution in [0.25, 0.3) is 0 Å². The summed E-state index contributed by atoms with van der Waals surface area (Å²) in [6, 6.07) is 10.2. The molecule has 0 fully saturated rings. The first-order valence-corrected chi connectivity index (χ1v) is 10.0. The van der Waals surface area contributed by atoms with E-state index in [1.54, 1.807) is 36.4 Å². The van der Waals surface area contributed by atoms with E-state index in [1.165, 1.54) is 6.92 Å². The van der Waals surface area contributed by atoms with Crippen LogP contribution in [0.5, 0.6) is 5.75 Å². The Morgan fingerprint density at radius 2 is 1.90 bits per heavy atom. The second kappa shape index (κ2) is 9.63. The minimum absolute atomic E-state index is 0.00177. The summed E-state index contributed by atoms with van der Waals surface area (Å²) in [5.41, 5.74) is 2.35. The summed E-state index contributed by atoms with van der Waals surface area (Å²) in [6.07, 6.45) is 0.719. The molecule has 1 amide bonds. The van der Waals surface area contributed by atoms with Gasteiger partial charge >= 0.3 is 0 Å². The number of hydrogen-bond donors (Lipinski definition) is 1. The normalized spacial score (nSPS) is 10.8. The highest BCUT2D eigenvalue weighted by molar-refractivity contribution is 6.31. The molecule has 0 aliphatic carbocycles. The molecule has 0 aliphatic heterocycles. The third-order valence-corrected chi connectivity index (χ3v) is 5.20. The Kier molecular flexibility index (Phi) is 6.95. The number of rotatable bonds is 9. The molecule has 0 unspecified atom stereocenters. The Balaban J connectivity index is 1.44. The molecule has 0 aliphatic rings. The number of aromatic nitrogens is 2. The maximum absolute atomic E-state index is 12.2. The number of ketones is 1. The fourth-order valence-corrected chi connectivity index (χ4v) is 3.06. The zero-order chi connectivity index (χ0) is 21.7. The van der Waals surface area contributed by atoms with Gasteiger partial charge in [-0.05, 0) is 63.6 Å². The maximum atomic E-state index is 12.2. The van der Waals surface area contributed by atoms with Crippen molar-refractivity contribution in [1.29, 1.82) is 0 Å². The van der Waals surface area contributed by atoms with Crippen molar-refractivity contribution in [3.63, 3.8) is 0 Å². The van der Waals surface area contributed by atoms with Crippen molar-refractivity contribution in [2.24, 2.45) is 0 Å². The summed E-state index contributed by atoms with van der Waals surface area (Å²) in [7, 11) is 0. The molecule has 30 heavy (non-hydrogen) atoms. The molecule has 0 saturated heterocycles. The third kappa shape index (κ3) is 5.30. The van der Waals surface area contributed by atoms with Gasteiger partial charge in [0.1, 0.15) is 18.1 Å². The van der Waals surface area contributed by atoms with Crippen LogP contribution in [0.15, 0.2) is 40.8 Å². The molecule has 0 saturated carbocycles. The number of aryl methyl sites for hydroxylation is 2. The predicted molar refractivity (Wildman–Crippen MR) is 113 cm³/mol. The topological polar surface area (TPSA) is 86.4 Å². The average Bonchev–Trinajstić information content (AvgIpc) is 3.30. The van der Waals surface area contributed by atoms with E-state index in [0.717, 1.165) is 17.8 Å². The number of amides is 1. The second-order valence-corrected chi connectivity index (χ2v) is 7.33. The number of nitrogens with one attached hydrogen (secondary N) is 1. The number of benzene rings is 1. The van der Waals surface area contributed by atoms with Crippen LogP contribution in [0.4, 0.5) is 0 Å². The number of ether oxygens (including phenoxy) is 1. The summed E-state index contributed by atoms with van der Waals surface area (Å²) in [5, 5.41) is 7.88. The fraction of sp³-hybridized carbons (Fsp3) is 0.318. The van der Waals surface area contributed by atoms with Crippen molar-refractivity contribution in [3.8, 4) is 5.75 Å². The first-order valence-electron chi connectivity index (χ1n) is 9.65. The molecule has 0 radical (unpaired) electrons. The number of nitrogens with zero attached hydrogens (tertiary/aromatic N) is 2. The zero-order valence-electron chi connectivity index (χ0n) is 17.2. The van der Waals surface area contributed by atoms with E-state index in [9.17, 15) is 9.59 Å². The van der Waals surface area contributed by atoms with E-state index >= 15 is 0 Å². The minimum Gasteiger partial charge on any atom is -0.486 e. The van der Waals surface area contributed by atoms with E-state index in [-0.39, 0.29) is 24.1 Å². The van der Waals surface area contributed by atoms with E-state index in [0.29, 0.717) is 35.2 Å². The Hall–Kier alpha value is -3.06. The lowest BCUT2D eigenvalue weighted by atomic mass is 10.1. The molecular weight excluding hydrogens is 406 g/mol. The standard InChI is InChI=1S/C22H24ClN3O4/c1-14-21(23)15(2)26(25-14)12-4-11-24-22(28)20-10-9-19(30-20)13-29-18-7-5-17(6-8-18)16(3)27/h5-10H,4,11-13H2,1-3H3,(H,24,28). The van der Waals surface area contributed by atoms with Crippen LogP contribution < -0.4 is 10.1 Å². The van der Waals surface area contributed by atoms with Crippen LogP contribution in [-0.2, 0) is 13.2 Å². The van der Waals surface area contributed by atoms with Crippen molar-refractivity contribution < 1.29 is 18.7 Å². The highest BCUT2D eigenvalue weighted by atomic mass is 35.5. The molecule has 3 aromatic rings. The van der Waals surface area contributed by atoms with Gasteiger partial charge in [0.05, 0.1) is 16.4 Å². The molecule has 2 aromatic heterocycles. The van der Waals surface area contributed by atoms with Gasteiger partial charge in [-0.3, -0.25) is 14.3 Å². The van der Waals surface area contributed by atoms with Crippen LogP contribution in [0.2, 0.25) is 5.02 Å². The van der Waals surface area contributed by atoms with Crippen molar-refractivity contribution in [2.45, 2.75) is 40.3 Å². The van der Waals surface area contributed by atoms with Crippen molar-refractivity contribution in [2.75, 3.05) is 6.54 Å². The van der Waals surface area contributed by atoms with Gasteiger partial charge in [-0.15, -0.1) is 0 Å². The van der Waals surface area contributed by atoms with Crippen LogP contribution >= 0.6 is 11.6 Å². The average molecular weight is 430 g/mol.